The maximum absolute atomic E-state index is 12.5. The largest absolute Gasteiger partial charge is 0.393 e. The summed E-state index contributed by atoms with van der Waals surface area (Å²) < 4.78 is 24.7. The fourth-order valence-electron chi connectivity index (χ4n) is 14.7. The summed E-state index contributed by atoms with van der Waals surface area (Å²) in [5.41, 5.74) is -2.48. The van der Waals surface area contributed by atoms with Crippen LogP contribution in [-0.4, -0.2) is 127 Å². The summed E-state index contributed by atoms with van der Waals surface area (Å²) in [5, 5.41) is 86.9. The molecule has 0 aromatic carbocycles. The second kappa shape index (κ2) is 13.0. The lowest BCUT2D eigenvalue weighted by Gasteiger charge is -2.74. The highest BCUT2D eigenvalue weighted by Gasteiger charge is 2.74. The molecule has 2 heterocycles. The topological polar surface area (TPSA) is 199 Å². The third kappa shape index (κ3) is 5.66. The average molecular weight is 741 g/mol. The number of hydrogen-bond donors (Lipinski definition) is 8. The quantitative estimate of drug-likeness (QED) is 0.191. The van der Waals surface area contributed by atoms with Gasteiger partial charge in [0.05, 0.1) is 37.1 Å². The van der Waals surface area contributed by atoms with Gasteiger partial charge < -0.3 is 59.8 Å². The Labute approximate surface area is 309 Å². The van der Waals surface area contributed by atoms with Crippen molar-refractivity contribution in [2.45, 2.75) is 180 Å². The first-order chi connectivity index (χ1) is 24.0. The molecule has 0 aromatic heterocycles. The van der Waals surface area contributed by atoms with Gasteiger partial charge >= 0.3 is 0 Å². The molecule has 20 atom stereocenters. The van der Waals surface area contributed by atoms with E-state index in [0.717, 1.165) is 32.1 Å². The molecule has 0 radical (unpaired) electrons. The highest BCUT2D eigenvalue weighted by Crippen LogP contribution is 2.78. The normalized spacial score (nSPS) is 57.7. The summed E-state index contributed by atoms with van der Waals surface area (Å²) in [6.07, 6.45) is -4.98. The minimum atomic E-state index is -1.42. The van der Waals surface area contributed by atoms with Crippen molar-refractivity contribution >= 4 is 0 Å². The Morgan fingerprint density at radius 3 is 1.65 bits per heavy atom. The van der Waals surface area contributed by atoms with Gasteiger partial charge in [-0.15, -0.1) is 0 Å². The lowest BCUT2D eigenvalue weighted by atomic mass is 9.31. The van der Waals surface area contributed by atoms with E-state index in [1.165, 1.54) is 0 Å². The standard InChI is InChI=1S/C40H68O12/c1-35(2)26(52-34-31(47)29(45)22(43)18-50-34)12-14-38(6)25-10-9-24-37(5)13-11-19(36(3,4)48)27(37)23(51-33-30(46)28(44)21(42)17-49-33)16-40(24,8)39(25,7)15-20(41)32(35)38/h19-34,41-48H,9-18H2,1-8H3/t19-,20+,21-,22-,23-,24-,25+,26+,27+,28+,29-,30+,31-,32-,33+,34+,37-,38-,39-,40-/m1/s1. The zero-order valence-corrected chi connectivity index (χ0v) is 32.5. The molecule has 12 heteroatoms. The van der Waals surface area contributed by atoms with Crippen LogP contribution < -0.4 is 0 Å². The van der Waals surface area contributed by atoms with Gasteiger partial charge in [-0.25, -0.2) is 0 Å². The van der Waals surface area contributed by atoms with Crippen molar-refractivity contribution in [1.29, 1.82) is 0 Å². The smallest absolute Gasteiger partial charge is 0.186 e. The Balaban J connectivity index is 1.21. The van der Waals surface area contributed by atoms with Crippen LogP contribution in [-0.2, 0) is 18.9 Å². The van der Waals surface area contributed by atoms with E-state index in [4.69, 9.17) is 18.9 Å². The molecule has 5 saturated carbocycles. The van der Waals surface area contributed by atoms with E-state index in [1.807, 2.05) is 13.8 Å². The first kappa shape index (κ1) is 39.7. The number of rotatable bonds is 5. The summed E-state index contributed by atoms with van der Waals surface area (Å²) in [6, 6.07) is 0. The molecule has 8 N–H and O–H groups in total. The van der Waals surface area contributed by atoms with Crippen LogP contribution in [0.15, 0.2) is 0 Å². The molecule has 300 valence electrons. The van der Waals surface area contributed by atoms with Crippen molar-refractivity contribution in [2.75, 3.05) is 13.2 Å². The molecule has 5 aliphatic carbocycles. The minimum absolute atomic E-state index is 0.0223. The maximum Gasteiger partial charge on any atom is 0.186 e. The van der Waals surface area contributed by atoms with Gasteiger partial charge in [0, 0.05) is 0 Å². The van der Waals surface area contributed by atoms with E-state index in [2.05, 4.69) is 41.5 Å². The molecule has 0 amide bonds. The first-order valence-electron chi connectivity index (χ1n) is 20.1. The molecule has 2 aliphatic heterocycles. The maximum atomic E-state index is 12.5. The molecule has 7 rings (SSSR count). The molecule has 52 heavy (non-hydrogen) atoms. The zero-order chi connectivity index (χ0) is 38.1. The third-order valence-corrected chi connectivity index (χ3v) is 17.1. The zero-order valence-electron chi connectivity index (χ0n) is 32.5. The van der Waals surface area contributed by atoms with Crippen LogP contribution in [0.4, 0.5) is 0 Å². The van der Waals surface area contributed by atoms with Gasteiger partial charge in [0.15, 0.2) is 12.6 Å². The third-order valence-electron chi connectivity index (χ3n) is 17.1. The van der Waals surface area contributed by atoms with E-state index in [0.29, 0.717) is 25.2 Å². The summed E-state index contributed by atoms with van der Waals surface area (Å²) in [5.74, 6) is 0.390. The molecule has 0 unspecified atom stereocenters. The number of hydrogen-bond acceptors (Lipinski definition) is 12. The molecule has 12 nitrogen and oxygen atoms in total. The molecule has 0 bridgehead atoms. The predicted molar refractivity (Wildman–Crippen MR) is 188 cm³/mol. The second-order valence-electron chi connectivity index (χ2n) is 20.5. The minimum Gasteiger partial charge on any atom is -0.393 e. The lowest BCUT2D eigenvalue weighted by Crippen LogP contribution is -2.71. The van der Waals surface area contributed by atoms with E-state index in [1.54, 1.807) is 0 Å². The van der Waals surface area contributed by atoms with Crippen LogP contribution >= 0.6 is 0 Å². The van der Waals surface area contributed by atoms with E-state index in [-0.39, 0.29) is 64.6 Å². The Morgan fingerprint density at radius 2 is 1.10 bits per heavy atom. The van der Waals surface area contributed by atoms with Gasteiger partial charge in [-0.2, -0.15) is 0 Å². The second-order valence-corrected chi connectivity index (χ2v) is 20.5. The summed E-state index contributed by atoms with van der Waals surface area (Å²) in [7, 11) is 0. The number of ether oxygens (including phenoxy) is 4. The summed E-state index contributed by atoms with van der Waals surface area (Å²) in [4.78, 5) is 0. The summed E-state index contributed by atoms with van der Waals surface area (Å²) in [6.45, 7) is 17.3. The van der Waals surface area contributed by atoms with Crippen molar-refractivity contribution in [2.24, 2.45) is 56.7 Å². The van der Waals surface area contributed by atoms with Crippen LogP contribution in [0.2, 0.25) is 0 Å². The van der Waals surface area contributed by atoms with Crippen molar-refractivity contribution < 1.29 is 59.8 Å². The molecule has 7 fully saturated rings. The van der Waals surface area contributed by atoms with Gasteiger partial charge in [0.1, 0.15) is 36.6 Å². The Kier molecular flexibility index (Phi) is 9.96. The van der Waals surface area contributed by atoms with Crippen molar-refractivity contribution in [3.63, 3.8) is 0 Å². The van der Waals surface area contributed by atoms with Crippen LogP contribution in [0.25, 0.3) is 0 Å². The molecule has 0 spiro atoms. The first-order valence-corrected chi connectivity index (χ1v) is 20.1. The van der Waals surface area contributed by atoms with Gasteiger partial charge in [-0.05, 0) is 122 Å². The van der Waals surface area contributed by atoms with E-state index in [9.17, 15) is 40.9 Å². The van der Waals surface area contributed by atoms with Crippen LogP contribution in [0, 0.1) is 56.7 Å². The van der Waals surface area contributed by atoms with Gasteiger partial charge in [0.2, 0.25) is 0 Å². The highest BCUT2D eigenvalue weighted by molar-refractivity contribution is 5.23. The van der Waals surface area contributed by atoms with Crippen molar-refractivity contribution in [3.05, 3.63) is 0 Å². The molecule has 7 aliphatic rings. The molecular formula is C40H68O12. The number of aliphatic hydroxyl groups excluding tert-OH is 7. The summed E-state index contributed by atoms with van der Waals surface area (Å²) >= 11 is 0. The lowest BCUT2D eigenvalue weighted by molar-refractivity contribution is -0.334. The SMILES string of the molecule is CC(C)(O)[C@@H]1CC[C@@]2(C)[C@@H]1[C@H](O[C@@H]1OC[C@@H](O)[C@H](O)[C@@H]1O)C[C@]1(C)[C@@H]2CC[C@H]2[C@@]3(C)CC[C@H](O[C@@H]4OC[C@@H](O)[C@@H](O)[C@H]4O)C(C)(C)[C@H]3[C@@H](O)C[C@]21C. The van der Waals surface area contributed by atoms with Crippen LogP contribution in [0.5, 0.6) is 0 Å². The van der Waals surface area contributed by atoms with Crippen molar-refractivity contribution in [1.82, 2.24) is 0 Å². The van der Waals surface area contributed by atoms with E-state index >= 15 is 0 Å². The fraction of sp³-hybridized carbons (Fsp3) is 1.00. The fourth-order valence-corrected chi connectivity index (χ4v) is 14.7. The highest BCUT2D eigenvalue weighted by atomic mass is 16.7. The van der Waals surface area contributed by atoms with Crippen LogP contribution in [0.1, 0.15) is 107 Å². The Bertz CT molecular complexity index is 1320. The molecular weight excluding hydrogens is 672 g/mol. The molecule has 2 saturated heterocycles. The number of fused-ring (bicyclic) bond motifs is 7. The van der Waals surface area contributed by atoms with Gasteiger partial charge in [-0.3, -0.25) is 0 Å². The van der Waals surface area contributed by atoms with E-state index < -0.39 is 72.4 Å². The van der Waals surface area contributed by atoms with Crippen molar-refractivity contribution in [3.8, 4) is 0 Å². The van der Waals surface area contributed by atoms with Gasteiger partial charge in [-0.1, -0.05) is 41.5 Å². The van der Waals surface area contributed by atoms with Crippen LogP contribution in [0.3, 0.4) is 0 Å². The Morgan fingerprint density at radius 1 is 0.596 bits per heavy atom. The average Bonchev–Trinajstić information content (AvgIpc) is 3.42. The molecule has 0 aromatic rings. The number of aliphatic hydroxyl groups is 8. The van der Waals surface area contributed by atoms with Gasteiger partial charge in [0.25, 0.3) is 0 Å². The predicted octanol–water partition coefficient (Wildman–Crippen LogP) is 2.09. The monoisotopic (exact) mass is 740 g/mol. The Hall–Kier alpha value is -0.480.